The molecule has 2 saturated carbocycles. The first-order valence-electron chi connectivity index (χ1n) is 6.86. The van der Waals surface area contributed by atoms with Crippen LogP contribution in [0.5, 0.6) is 0 Å². The van der Waals surface area contributed by atoms with Crippen LogP contribution in [0.1, 0.15) is 53.4 Å². The molecule has 2 aliphatic carbocycles. The Morgan fingerprint density at radius 1 is 1.06 bits per heavy atom. The maximum absolute atomic E-state index is 6.18. The van der Waals surface area contributed by atoms with Crippen LogP contribution in [0.3, 0.4) is 0 Å². The zero-order valence-corrected chi connectivity index (χ0v) is 11.3. The van der Waals surface area contributed by atoms with Crippen molar-refractivity contribution in [2.45, 2.75) is 65.5 Å². The standard InChI is InChI=1S/C14H28N2/c1-13(2)12(14(13,3)4)16-9-10-7-5-6-8-11(10)15/h10-12,16H,5-9,15H2,1-4H3. The topological polar surface area (TPSA) is 38.0 Å². The van der Waals surface area contributed by atoms with E-state index in [4.69, 9.17) is 5.73 Å². The van der Waals surface area contributed by atoms with E-state index in [-0.39, 0.29) is 0 Å². The zero-order valence-electron chi connectivity index (χ0n) is 11.3. The summed E-state index contributed by atoms with van der Waals surface area (Å²) in [4.78, 5) is 0. The molecule has 0 aliphatic heterocycles. The summed E-state index contributed by atoms with van der Waals surface area (Å²) in [6.07, 6.45) is 5.25. The SMILES string of the molecule is CC1(C)C(NCC2CCCCC2N)C1(C)C. The Bertz CT molecular complexity index is 243. The molecule has 0 heterocycles. The molecule has 0 radical (unpaired) electrons. The van der Waals surface area contributed by atoms with Gasteiger partial charge in [-0.25, -0.2) is 0 Å². The molecule has 0 amide bonds. The summed E-state index contributed by atoms with van der Waals surface area (Å²) < 4.78 is 0. The van der Waals surface area contributed by atoms with Gasteiger partial charge >= 0.3 is 0 Å². The number of nitrogens with two attached hydrogens (primary N) is 1. The molecule has 3 N–H and O–H groups in total. The Hall–Kier alpha value is -0.0800. The van der Waals surface area contributed by atoms with Crippen molar-refractivity contribution in [1.82, 2.24) is 5.32 Å². The first-order valence-corrected chi connectivity index (χ1v) is 6.86. The Labute approximate surface area is 100 Å². The minimum Gasteiger partial charge on any atom is -0.327 e. The van der Waals surface area contributed by atoms with Crippen LogP contribution in [0, 0.1) is 16.7 Å². The van der Waals surface area contributed by atoms with Gasteiger partial charge in [0.05, 0.1) is 0 Å². The lowest BCUT2D eigenvalue weighted by molar-refractivity contribution is 0.291. The lowest BCUT2D eigenvalue weighted by atomic mass is 9.85. The number of nitrogens with one attached hydrogen (secondary N) is 1. The van der Waals surface area contributed by atoms with Crippen LogP contribution in [0.25, 0.3) is 0 Å². The molecule has 0 aromatic rings. The van der Waals surface area contributed by atoms with E-state index >= 15 is 0 Å². The number of hydrogen-bond donors (Lipinski definition) is 2. The summed E-state index contributed by atoms with van der Waals surface area (Å²) in [5.41, 5.74) is 7.08. The van der Waals surface area contributed by atoms with Gasteiger partial charge in [-0.15, -0.1) is 0 Å². The fourth-order valence-electron chi connectivity index (χ4n) is 3.47. The summed E-state index contributed by atoms with van der Waals surface area (Å²) in [6.45, 7) is 10.6. The molecule has 2 fully saturated rings. The molecule has 2 atom stereocenters. The summed E-state index contributed by atoms with van der Waals surface area (Å²) >= 11 is 0. The van der Waals surface area contributed by atoms with Crippen LogP contribution >= 0.6 is 0 Å². The van der Waals surface area contributed by atoms with Crippen LogP contribution in [-0.2, 0) is 0 Å². The van der Waals surface area contributed by atoms with E-state index in [0.717, 1.165) is 6.54 Å². The minimum absolute atomic E-state index is 0.436. The molecule has 0 saturated heterocycles. The minimum atomic E-state index is 0.436. The maximum atomic E-state index is 6.18. The Kier molecular flexibility index (Phi) is 3.09. The van der Waals surface area contributed by atoms with Crippen molar-refractivity contribution in [2.75, 3.05) is 6.54 Å². The van der Waals surface area contributed by atoms with Crippen molar-refractivity contribution < 1.29 is 0 Å². The normalized spacial score (nSPS) is 37.3. The second-order valence-corrected chi connectivity index (χ2v) is 6.99. The van der Waals surface area contributed by atoms with Crippen LogP contribution in [0.2, 0.25) is 0 Å². The van der Waals surface area contributed by atoms with Crippen LogP contribution in [0.4, 0.5) is 0 Å². The molecule has 2 heteroatoms. The highest BCUT2D eigenvalue weighted by Crippen LogP contribution is 2.62. The molecule has 0 aromatic carbocycles. The van der Waals surface area contributed by atoms with Gasteiger partial charge in [-0.2, -0.15) is 0 Å². The molecular formula is C14H28N2. The molecule has 16 heavy (non-hydrogen) atoms. The monoisotopic (exact) mass is 224 g/mol. The van der Waals surface area contributed by atoms with E-state index in [2.05, 4.69) is 33.0 Å². The van der Waals surface area contributed by atoms with Crippen LogP contribution in [0.15, 0.2) is 0 Å². The second kappa shape index (κ2) is 3.99. The first kappa shape index (κ1) is 12.4. The number of hydrogen-bond acceptors (Lipinski definition) is 2. The van der Waals surface area contributed by atoms with Crippen molar-refractivity contribution in [3.8, 4) is 0 Å². The predicted octanol–water partition coefficient (Wildman–Crippen LogP) is 2.53. The maximum Gasteiger partial charge on any atom is 0.0181 e. The quantitative estimate of drug-likeness (QED) is 0.773. The van der Waals surface area contributed by atoms with Crippen molar-refractivity contribution in [3.63, 3.8) is 0 Å². The second-order valence-electron chi connectivity index (χ2n) is 6.99. The van der Waals surface area contributed by atoms with Gasteiger partial charge < -0.3 is 11.1 Å². The first-order chi connectivity index (χ1) is 7.37. The molecule has 2 aliphatic rings. The smallest absolute Gasteiger partial charge is 0.0181 e. The van der Waals surface area contributed by atoms with Gasteiger partial charge in [0.1, 0.15) is 0 Å². The summed E-state index contributed by atoms with van der Waals surface area (Å²) in [6, 6.07) is 1.11. The Morgan fingerprint density at radius 3 is 2.12 bits per heavy atom. The molecule has 2 nitrogen and oxygen atoms in total. The molecule has 0 bridgehead atoms. The van der Waals surface area contributed by atoms with E-state index < -0.39 is 0 Å². The fraction of sp³-hybridized carbons (Fsp3) is 1.00. The van der Waals surface area contributed by atoms with Crippen molar-refractivity contribution in [3.05, 3.63) is 0 Å². The average Bonchev–Trinajstić information content (AvgIpc) is 2.58. The predicted molar refractivity (Wildman–Crippen MR) is 69.3 cm³/mol. The van der Waals surface area contributed by atoms with Gasteiger partial charge in [0, 0.05) is 12.1 Å². The third kappa shape index (κ3) is 1.91. The molecule has 0 spiro atoms. The largest absolute Gasteiger partial charge is 0.327 e. The van der Waals surface area contributed by atoms with Gasteiger partial charge in [-0.1, -0.05) is 40.5 Å². The molecule has 2 rings (SSSR count). The van der Waals surface area contributed by atoms with Crippen LogP contribution in [-0.4, -0.2) is 18.6 Å². The van der Waals surface area contributed by atoms with E-state index in [1.165, 1.54) is 25.7 Å². The number of rotatable bonds is 3. The average molecular weight is 224 g/mol. The van der Waals surface area contributed by atoms with Gasteiger partial charge in [0.25, 0.3) is 0 Å². The Morgan fingerprint density at radius 2 is 1.62 bits per heavy atom. The van der Waals surface area contributed by atoms with Gasteiger partial charge in [0.2, 0.25) is 0 Å². The fourth-order valence-corrected chi connectivity index (χ4v) is 3.47. The van der Waals surface area contributed by atoms with E-state index in [1.807, 2.05) is 0 Å². The molecule has 0 aromatic heterocycles. The Balaban J connectivity index is 1.80. The lowest BCUT2D eigenvalue weighted by Crippen LogP contribution is -2.40. The molecule has 2 unspecified atom stereocenters. The van der Waals surface area contributed by atoms with E-state index in [0.29, 0.717) is 28.8 Å². The third-order valence-corrected chi connectivity index (χ3v) is 5.57. The molecule has 94 valence electrons. The van der Waals surface area contributed by atoms with Crippen molar-refractivity contribution >= 4 is 0 Å². The summed E-state index contributed by atoms with van der Waals surface area (Å²) in [7, 11) is 0. The third-order valence-electron chi connectivity index (χ3n) is 5.57. The summed E-state index contributed by atoms with van der Waals surface area (Å²) in [5, 5.41) is 3.76. The van der Waals surface area contributed by atoms with E-state index in [9.17, 15) is 0 Å². The van der Waals surface area contributed by atoms with Gasteiger partial charge in [0.15, 0.2) is 0 Å². The zero-order chi connectivity index (χ0) is 12.0. The van der Waals surface area contributed by atoms with E-state index in [1.54, 1.807) is 0 Å². The highest BCUT2D eigenvalue weighted by Gasteiger charge is 2.64. The highest BCUT2D eigenvalue weighted by atomic mass is 15.0. The van der Waals surface area contributed by atoms with Gasteiger partial charge in [-0.05, 0) is 36.1 Å². The lowest BCUT2D eigenvalue weighted by Gasteiger charge is -2.29. The van der Waals surface area contributed by atoms with Crippen LogP contribution < -0.4 is 11.1 Å². The van der Waals surface area contributed by atoms with Crippen molar-refractivity contribution in [2.24, 2.45) is 22.5 Å². The highest BCUT2D eigenvalue weighted by molar-refractivity contribution is 5.17. The molecular weight excluding hydrogens is 196 g/mol. The van der Waals surface area contributed by atoms with Gasteiger partial charge in [-0.3, -0.25) is 0 Å². The summed E-state index contributed by atoms with van der Waals surface area (Å²) in [5.74, 6) is 0.709. The van der Waals surface area contributed by atoms with Crippen molar-refractivity contribution in [1.29, 1.82) is 0 Å².